The molecule has 0 aliphatic carbocycles. The number of fused-ring (bicyclic) bond motifs is 1. The molecule has 6 heteroatoms. The largest absolute Gasteiger partial charge is 0.834 e. The number of likely N-dealkylation sites (tertiary alicyclic amines) is 1. The number of carbonyl (C=O) groups excluding carboxylic acids is 1. The van der Waals surface area contributed by atoms with Crippen LogP contribution in [0.15, 0.2) is 18.2 Å². The number of ether oxygens (including phenoxy) is 2. The second kappa shape index (κ2) is 5.84. The van der Waals surface area contributed by atoms with Crippen molar-refractivity contribution >= 4 is 5.91 Å². The molecule has 122 valence electrons. The Labute approximate surface area is 135 Å². The minimum atomic E-state index is -0.751. The predicted octanol–water partition coefficient (Wildman–Crippen LogP) is 1.10. The zero-order chi connectivity index (χ0) is 16.6. The molecule has 0 N–H and O–H groups in total. The van der Waals surface area contributed by atoms with Crippen molar-refractivity contribution in [3.63, 3.8) is 0 Å². The summed E-state index contributed by atoms with van der Waals surface area (Å²) in [5.74, 6) is 0.671. The van der Waals surface area contributed by atoms with Crippen LogP contribution < -0.4 is 9.84 Å². The smallest absolute Gasteiger partial charge is 0.223 e. The summed E-state index contributed by atoms with van der Waals surface area (Å²) in [7, 11) is 0. The van der Waals surface area contributed by atoms with Gasteiger partial charge in [0.25, 0.3) is 0 Å². The lowest BCUT2D eigenvalue weighted by Gasteiger charge is -2.48. The summed E-state index contributed by atoms with van der Waals surface area (Å²) in [5.41, 5.74) is 0.473. The standard InChI is InChI=1S/C17H19N2O4/c1-17(2)16(22-10-20)15(19-7-3-4-14(19)21)12-8-11(9-18)5-6-13(12)23-17/h5-6,8,15-16H,3-4,7,10H2,1-2H3/q-1/t15-,16-/m1/s1. The molecule has 1 fully saturated rings. The molecule has 0 aromatic heterocycles. The van der Waals surface area contributed by atoms with Gasteiger partial charge in [0.2, 0.25) is 5.91 Å². The van der Waals surface area contributed by atoms with E-state index in [0.717, 1.165) is 12.0 Å². The van der Waals surface area contributed by atoms with Crippen LogP contribution in [0.5, 0.6) is 5.75 Å². The highest BCUT2D eigenvalue weighted by Crippen LogP contribution is 2.45. The Hall–Kier alpha value is -2.10. The number of rotatable bonds is 3. The third-order valence-electron chi connectivity index (χ3n) is 4.50. The molecule has 0 saturated carbocycles. The minimum Gasteiger partial charge on any atom is -0.834 e. The molecule has 2 atom stereocenters. The highest BCUT2D eigenvalue weighted by Gasteiger charge is 2.48. The first-order valence-corrected chi connectivity index (χ1v) is 7.70. The first kappa shape index (κ1) is 15.8. The fourth-order valence-corrected chi connectivity index (χ4v) is 3.49. The van der Waals surface area contributed by atoms with Gasteiger partial charge in [0.15, 0.2) is 0 Å². The molecule has 2 heterocycles. The molecule has 23 heavy (non-hydrogen) atoms. The zero-order valence-electron chi connectivity index (χ0n) is 13.2. The van der Waals surface area contributed by atoms with Crippen molar-refractivity contribution in [1.29, 1.82) is 5.26 Å². The van der Waals surface area contributed by atoms with E-state index >= 15 is 0 Å². The quantitative estimate of drug-likeness (QED) is 0.780. The SMILES string of the molecule is CC1(C)Oc2ccc(C#N)cc2[C@@H](N2CCCC2=O)[C@H]1OC[O-]. The molecule has 1 aromatic rings. The first-order valence-electron chi connectivity index (χ1n) is 7.70. The Kier molecular flexibility index (Phi) is 4.00. The molecule has 1 aromatic carbocycles. The Bertz CT molecular complexity index is 665. The Morgan fingerprint density at radius 1 is 1.52 bits per heavy atom. The third kappa shape index (κ3) is 2.67. The molecule has 0 bridgehead atoms. The Morgan fingerprint density at radius 2 is 2.30 bits per heavy atom. The molecule has 6 nitrogen and oxygen atoms in total. The van der Waals surface area contributed by atoms with Crippen molar-refractivity contribution in [2.45, 2.75) is 44.4 Å². The fourth-order valence-electron chi connectivity index (χ4n) is 3.49. The summed E-state index contributed by atoms with van der Waals surface area (Å²) >= 11 is 0. The van der Waals surface area contributed by atoms with Crippen molar-refractivity contribution in [3.05, 3.63) is 29.3 Å². The summed E-state index contributed by atoms with van der Waals surface area (Å²) in [6.45, 7) is 3.61. The van der Waals surface area contributed by atoms with Crippen LogP contribution in [0.4, 0.5) is 0 Å². The first-order chi connectivity index (χ1) is 11.0. The molecule has 1 saturated heterocycles. The topological polar surface area (TPSA) is 85.6 Å². The number of amides is 1. The second-order valence-electron chi connectivity index (χ2n) is 6.41. The van der Waals surface area contributed by atoms with Gasteiger partial charge in [-0.25, -0.2) is 0 Å². The van der Waals surface area contributed by atoms with Crippen LogP contribution in [0.3, 0.4) is 0 Å². The number of hydrogen-bond donors (Lipinski definition) is 0. The van der Waals surface area contributed by atoms with Crippen LogP contribution in [0, 0.1) is 11.3 Å². The van der Waals surface area contributed by atoms with E-state index in [9.17, 15) is 9.90 Å². The van der Waals surface area contributed by atoms with Crippen LogP contribution in [-0.4, -0.2) is 35.8 Å². The molecule has 0 radical (unpaired) electrons. The van der Waals surface area contributed by atoms with Crippen molar-refractivity contribution in [1.82, 2.24) is 4.90 Å². The molecule has 2 aliphatic rings. The van der Waals surface area contributed by atoms with Crippen LogP contribution in [0.25, 0.3) is 0 Å². The highest BCUT2D eigenvalue weighted by atomic mass is 16.6. The van der Waals surface area contributed by atoms with Crippen LogP contribution in [0.1, 0.15) is 43.9 Å². The second-order valence-corrected chi connectivity index (χ2v) is 6.41. The van der Waals surface area contributed by atoms with Gasteiger partial charge in [-0.1, -0.05) is 0 Å². The normalized spacial score (nSPS) is 25.7. The van der Waals surface area contributed by atoms with E-state index in [1.807, 2.05) is 13.8 Å². The summed E-state index contributed by atoms with van der Waals surface area (Å²) < 4.78 is 11.4. The zero-order valence-corrected chi connectivity index (χ0v) is 13.2. The molecular formula is C17H19N2O4-. The van der Waals surface area contributed by atoms with Gasteiger partial charge < -0.3 is 19.5 Å². The van der Waals surface area contributed by atoms with E-state index in [0.29, 0.717) is 24.3 Å². The van der Waals surface area contributed by atoms with E-state index in [1.54, 1.807) is 23.1 Å². The van der Waals surface area contributed by atoms with Crippen LogP contribution >= 0.6 is 0 Å². The lowest BCUT2D eigenvalue weighted by molar-refractivity contribution is -0.444. The maximum absolute atomic E-state index is 12.3. The molecule has 1 amide bonds. The fraction of sp³-hybridized carbons (Fsp3) is 0.529. The molecule has 0 unspecified atom stereocenters. The number of nitrogens with zero attached hydrogens (tertiary/aromatic N) is 2. The average molecular weight is 315 g/mol. The van der Waals surface area contributed by atoms with Gasteiger partial charge in [-0.3, -0.25) is 4.79 Å². The average Bonchev–Trinajstić information content (AvgIpc) is 2.93. The number of carbonyl (C=O) groups is 1. The molecule has 0 spiro atoms. The third-order valence-corrected chi connectivity index (χ3v) is 4.50. The molecule has 3 rings (SSSR count). The van der Waals surface area contributed by atoms with Crippen LogP contribution in [0.2, 0.25) is 0 Å². The van der Waals surface area contributed by atoms with E-state index in [-0.39, 0.29) is 5.91 Å². The van der Waals surface area contributed by atoms with E-state index in [2.05, 4.69) is 6.07 Å². The van der Waals surface area contributed by atoms with E-state index in [1.165, 1.54) is 0 Å². The van der Waals surface area contributed by atoms with Crippen molar-refractivity contribution < 1.29 is 19.4 Å². The predicted molar refractivity (Wildman–Crippen MR) is 79.3 cm³/mol. The maximum atomic E-state index is 12.3. The number of hydrogen-bond acceptors (Lipinski definition) is 5. The van der Waals surface area contributed by atoms with Crippen molar-refractivity contribution in [2.75, 3.05) is 13.3 Å². The molecular weight excluding hydrogens is 296 g/mol. The summed E-state index contributed by atoms with van der Waals surface area (Å²) in [6.07, 6.45) is 0.701. The van der Waals surface area contributed by atoms with Gasteiger partial charge >= 0.3 is 0 Å². The Morgan fingerprint density at radius 3 is 2.91 bits per heavy atom. The van der Waals surface area contributed by atoms with E-state index in [4.69, 9.17) is 14.7 Å². The minimum absolute atomic E-state index is 0.0421. The van der Waals surface area contributed by atoms with Crippen molar-refractivity contribution in [3.8, 4) is 11.8 Å². The lowest BCUT2D eigenvalue weighted by atomic mass is 9.85. The molecule has 2 aliphatic heterocycles. The number of benzene rings is 1. The van der Waals surface area contributed by atoms with Gasteiger partial charge in [-0.2, -0.15) is 5.26 Å². The van der Waals surface area contributed by atoms with Crippen LogP contribution in [-0.2, 0) is 9.53 Å². The van der Waals surface area contributed by atoms with Crippen molar-refractivity contribution in [2.24, 2.45) is 0 Å². The summed E-state index contributed by atoms with van der Waals surface area (Å²) in [5, 5.41) is 20.3. The van der Waals surface area contributed by atoms with Gasteiger partial charge in [-0.15, -0.1) is 0 Å². The highest BCUT2D eigenvalue weighted by molar-refractivity contribution is 5.79. The van der Waals surface area contributed by atoms with Gasteiger partial charge in [-0.05, 0) is 45.3 Å². The number of nitriles is 1. The Balaban J connectivity index is 2.13. The summed E-state index contributed by atoms with van der Waals surface area (Å²) in [6, 6.07) is 6.85. The van der Waals surface area contributed by atoms with E-state index < -0.39 is 24.5 Å². The maximum Gasteiger partial charge on any atom is 0.223 e. The lowest BCUT2D eigenvalue weighted by Crippen LogP contribution is -2.55. The van der Waals surface area contributed by atoms with Gasteiger partial charge in [0.1, 0.15) is 17.5 Å². The monoisotopic (exact) mass is 315 g/mol. The summed E-state index contributed by atoms with van der Waals surface area (Å²) in [4.78, 5) is 14.0. The van der Waals surface area contributed by atoms with Gasteiger partial charge in [0.05, 0.1) is 17.7 Å². The van der Waals surface area contributed by atoms with Gasteiger partial charge in [0, 0.05) is 18.5 Å².